The molecule has 0 saturated carbocycles. The zero-order chi connectivity index (χ0) is 12.0. The van der Waals surface area contributed by atoms with Crippen LogP contribution in [0.2, 0.25) is 0 Å². The minimum absolute atomic E-state index is 0.407. The Balaban J connectivity index is 2.25. The van der Waals surface area contributed by atoms with E-state index in [1.807, 2.05) is 0 Å². The Hall–Kier alpha value is -0.0800. The van der Waals surface area contributed by atoms with Gasteiger partial charge in [0.15, 0.2) is 0 Å². The van der Waals surface area contributed by atoms with Crippen molar-refractivity contribution in [2.75, 3.05) is 19.6 Å². The van der Waals surface area contributed by atoms with E-state index in [2.05, 4.69) is 25.7 Å². The number of nitrogens with zero attached hydrogens (tertiary/aromatic N) is 1. The highest BCUT2D eigenvalue weighted by Gasteiger charge is 2.19. The first-order valence-electron chi connectivity index (χ1n) is 7.11. The third kappa shape index (κ3) is 4.84. The van der Waals surface area contributed by atoms with E-state index < -0.39 is 0 Å². The van der Waals surface area contributed by atoms with Crippen LogP contribution in [-0.4, -0.2) is 30.6 Å². The molecule has 0 radical (unpaired) electrons. The van der Waals surface area contributed by atoms with Crippen LogP contribution in [0.15, 0.2) is 0 Å². The summed E-state index contributed by atoms with van der Waals surface area (Å²) in [5.74, 6) is 1.81. The van der Waals surface area contributed by atoms with Crippen molar-refractivity contribution in [3.63, 3.8) is 0 Å². The molecule has 2 nitrogen and oxygen atoms in total. The minimum Gasteiger partial charge on any atom is -0.328 e. The molecule has 0 aliphatic carbocycles. The van der Waals surface area contributed by atoms with E-state index in [-0.39, 0.29) is 0 Å². The minimum atomic E-state index is 0.407. The number of nitrogens with two attached hydrogens (primary N) is 1. The van der Waals surface area contributed by atoms with Crippen LogP contribution in [0.4, 0.5) is 0 Å². The van der Waals surface area contributed by atoms with Crippen LogP contribution in [0, 0.1) is 11.8 Å². The van der Waals surface area contributed by atoms with E-state index in [1.54, 1.807) is 0 Å². The molecule has 0 aromatic heterocycles. The lowest BCUT2D eigenvalue weighted by atomic mass is 9.89. The van der Waals surface area contributed by atoms with Gasteiger partial charge in [-0.1, -0.05) is 20.8 Å². The van der Waals surface area contributed by atoms with Gasteiger partial charge in [-0.25, -0.2) is 0 Å². The number of rotatable bonds is 5. The molecule has 1 saturated heterocycles. The predicted molar refractivity (Wildman–Crippen MR) is 71.5 cm³/mol. The molecule has 1 rings (SSSR count). The Morgan fingerprint density at radius 3 is 2.62 bits per heavy atom. The maximum atomic E-state index is 5.98. The Labute approximate surface area is 102 Å². The fraction of sp³-hybridized carbons (Fsp3) is 1.00. The van der Waals surface area contributed by atoms with Crippen LogP contribution in [0.5, 0.6) is 0 Å². The summed E-state index contributed by atoms with van der Waals surface area (Å²) in [6, 6.07) is 0.407. The molecule has 0 amide bonds. The van der Waals surface area contributed by atoms with Crippen molar-refractivity contribution >= 4 is 0 Å². The average Bonchev–Trinajstić information content (AvgIpc) is 2.51. The Bertz CT molecular complexity index is 180. The van der Waals surface area contributed by atoms with Crippen molar-refractivity contribution in [3.05, 3.63) is 0 Å². The topological polar surface area (TPSA) is 29.3 Å². The molecule has 0 aromatic carbocycles. The van der Waals surface area contributed by atoms with Crippen molar-refractivity contribution < 1.29 is 0 Å². The van der Waals surface area contributed by atoms with Crippen molar-refractivity contribution in [2.24, 2.45) is 17.6 Å². The first-order valence-corrected chi connectivity index (χ1v) is 7.11. The third-order valence-corrected chi connectivity index (χ3v) is 4.15. The van der Waals surface area contributed by atoms with Crippen molar-refractivity contribution in [2.45, 2.75) is 58.9 Å². The predicted octanol–water partition coefficient (Wildman–Crippen LogP) is 2.87. The highest BCUT2D eigenvalue weighted by molar-refractivity contribution is 4.73. The van der Waals surface area contributed by atoms with Gasteiger partial charge >= 0.3 is 0 Å². The largest absolute Gasteiger partial charge is 0.328 e. The van der Waals surface area contributed by atoms with Crippen molar-refractivity contribution in [1.29, 1.82) is 0 Å². The van der Waals surface area contributed by atoms with Gasteiger partial charge in [0.2, 0.25) is 0 Å². The molecule has 1 aliphatic rings. The summed E-state index contributed by atoms with van der Waals surface area (Å²) in [4.78, 5) is 2.62. The van der Waals surface area contributed by atoms with Gasteiger partial charge in [-0.3, -0.25) is 0 Å². The standard InChI is InChI=1S/C14H30N2/c1-4-14(15)8-11-16-9-5-6-13(7-10-16)12(2)3/h12-14H,4-11,15H2,1-3H3. The summed E-state index contributed by atoms with van der Waals surface area (Å²) in [5.41, 5.74) is 5.98. The lowest BCUT2D eigenvalue weighted by Gasteiger charge is -2.22. The fourth-order valence-corrected chi connectivity index (χ4v) is 2.62. The van der Waals surface area contributed by atoms with Gasteiger partial charge in [0.1, 0.15) is 0 Å². The smallest absolute Gasteiger partial charge is 0.00483 e. The Morgan fingerprint density at radius 2 is 2.00 bits per heavy atom. The molecule has 0 spiro atoms. The molecule has 1 aliphatic heterocycles. The van der Waals surface area contributed by atoms with E-state index in [0.29, 0.717) is 6.04 Å². The second-order valence-corrected chi connectivity index (χ2v) is 5.73. The van der Waals surface area contributed by atoms with Gasteiger partial charge in [-0.2, -0.15) is 0 Å². The summed E-state index contributed by atoms with van der Waals surface area (Å²) >= 11 is 0. The monoisotopic (exact) mass is 226 g/mol. The van der Waals surface area contributed by atoms with Crippen LogP contribution < -0.4 is 5.73 Å². The summed E-state index contributed by atoms with van der Waals surface area (Å²) in [6.07, 6.45) is 6.47. The van der Waals surface area contributed by atoms with E-state index >= 15 is 0 Å². The summed E-state index contributed by atoms with van der Waals surface area (Å²) in [7, 11) is 0. The summed E-state index contributed by atoms with van der Waals surface area (Å²) in [5, 5.41) is 0. The molecule has 2 heteroatoms. The molecule has 1 fully saturated rings. The maximum Gasteiger partial charge on any atom is 0.00483 e. The molecule has 2 unspecified atom stereocenters. The van der Waals surface area contributed by atoms with Crippen molar-refractivity contribution in [3.8, 4) is 0 Å². The third-order valence-electron chi connectivity index (χ3n) is 4.15. The Kier molecular flexibility index (Phi) is 6.37. The van der Waals surface area contributed by atoms with Gasteiger partial charge in [-0.05, 0) is 63.6 Å². The van der Waals surface area contributed by atoms with Gasteiger partial charge in [0, 0.05) is 6.04 Å². The second-order valence-electron chi connectivity index (χ2n) is 5.73. The number of likely N-dealkylation sites (tertiary alicyclic amines) is 1. The van der Waals surface area contributed by atoms with Crippen molar-refractivity contribution in [1.82, 2.24) is 4.90 Å². The molecular weight excluding hydrogens is 196 g/mol. The second kappa shape index (κ2) is 7.29. The van der Waals surface area contributed by atoms with E-state index in [9.17, 15) is 0 Å². The van der Waals surface area contributed by atoms with Crippen LogP contribution in [0.3, 0.4) is 0 Å². The lowest BCUT2D eigenvalue weighted by Crippen LogP contribution is -2.31. The number of hydrogen-bond acceptors (Lipinski definition) is 2. The Morgan fingerprint density at radius 1 is 1.25 bits per heavy atom. The quantitative estimate of drug-likeness (QED) is 0.781. The molecule has 0 bridgehead atoms. The van der Waals surface area contributed by atoms with E-state index in [4.69, 9.17) is 5.73 Å². The van der Waals surface area contributed by atoms with Gasteiger partial charge in [0.05, 0.1) is 0 Å². The highest BCUT2D eigenvalue weighted by atomic mass is 15.1. The summed E-state index contributed by atoms with van der Waals surface area (Å²) < 4.78 is 0. The zero-order valence-corrected chi connectivity index (χ0v) is 11.4. The normalized spacial score (nSPS) is 25.7. The fourth-order valence-electron chi connectivity index (χ4n) is 2.62. The maximum absolute atomic E-state index is 5.98. The molecule has 2 atom stereocenters. The highest BCUT2D eigenvalue weighted by Crippen LogP contribution is 2.24. The molecule has 1 heterocycles. The molecule has 16 heavy (non-hydrogen) atoms. The molecule has 96 valence electrons. The van der Waals surface area contributed by atoms with Crippen LogP contribution in [0.1, 0.15) is 52.9 Å². The van der Waals surface area contributed by atoms with Crippen LogP contribution >= 0.6 is 0 Å². The molecule has 0 aromatic rings. The van der Waals surface area contributed by atoms with Gasteiger partial charge < -0.3 is 10.6 Å². The zero-order valence-electron chi connectivity index (χ0n) is 11.4. The van der Waals surface area contributed by atoms with E-state index in [1.165, 1.54) is 45.3 Å². The average molecular weight is 226 g/mol. The lowest BCUT2D eigenvalue weighted by molar-refractivity contribution is 0.261. The first kappa shape index (κ1) is 14.0. The van der Waals surface area contributed by atoms with Crippen LogP contribution in [-0.2, 0) is 0 Å². The van der Waals surface area contributed by atoms with Crippen LogP contribution in [0.25, 0.3) is 0 Å². The van der Waals surface area contributed by atoms with E-state index in [0.717, 1.165) is 18.3 Å². The molecular formula is C14H30N2. The SMILES string of the molecule is CCC(N)CCN1CCCC(C(C)C)CC1. The van der Waals surface area contributed by atoms with Gasteiger partial charge in [-0.15, -0.1) is 0 Å². The first-order chi connectivity index (χ1) is 7.63. The van der Waals surface area contributed by atoms with Gasteiger partial charge in [0.25, 0.3) is 0 Å². The number of hydrogen-bond donors (Lipinski definition) is 1. The summed E-state index contributed by atoms with van der Waals surface area (Å²) in [6.45, 7) is 10.7. The molecule has 2 N–H and O–H groups in total.